The van der Waals surface area contributed by atoms with Crippen LogP contribution in [0.2, 0.25) is 0 Å². The topological polar surface area (TPSA) is 53.8 Å². The van der Waals surface area contributed by atoms with Gasteiger partial charge in [0.1, 0.15) is 6.26 Å². The van der Waals surface area contributed by atoms with Gasteiger partial charge in [-0.15, -0.1) is 0 Å². The average molecular weight is 306 g/mol. The number of carbonyl (C=O) groups excluding carboxylic acids is 2. The van der Waals surface area contributed by atoms with Crippen LogP contribution >= 0.6 is 0 Å². The summed E-state index contributed by atoms with van der Waals surface area (Å²) in [6.07, 6.45) is 7.07. The zero-order valence-electron chi connectivity index (χ0n) is 13.6. The van der Waals surface area contributed by atoms with Crippen LogP contribution in [0.5, 0.6) is 0 Å². The molecule has 1 aromatic rings. The van der Waals surface area contributed by atoms with Crippen molar-refractivity contribution < 1.29 is 14.0 Å². The Balaban J connectivity index is 1.86. The Morgan fingerprint density at radius 2 is 1.86 bits per heavy atom. The van der Waals surface area contributed by atoms with Gasteiger partial charge in [0.05, 0.1) is 11.8 Å². The van der Waals surface area contributed by atoms with Gasteiger partial charge in [0.15, 0.2) is 0 Å². The van der Waals surface area contributed by atoms with Crippen molar-refractivity contribution in [2.45, 2.75) is 39.5 Å². The van der Waals surface area contributed by atoms with Crippen molar-refractivity contribution in [2.75, 3.05) is 26.2 Å². The highest BCUT2D eigenvalue weighted by Crippen LogP contribution is 2.18. The van der Waals surface area contributed by atoms with Gasteiger partial charge in [-0.05, 0) is 18.9 Å². The Labute approximate surface area is 132 Å². The summed E-state index contributed by atoms with van der Waals surface area (Å²) < 4.78 is 4.96. The predicted octanol–water partition coefficient (Wildman–Crippen LogP) is 2.78. The summed E-state index contributed by atoms with van der Waals surface area (Å²) in [5, 5.41) is 0. The molecule has 1 saturated heterocycles. The lowest BCUT2D eigenvalue weighted by Crippen LogP contribution is -2.51. The molecule has 2 heterocycles. The molecular formula is C17H26N2O3. The van der Waals surface area contributed by atoms with Crippen molar-refractivity contribution >= 4 is 11.8 Å². The highest BCUT2D eigenvalue weighted by atomic mass is 16.3. The van der Waals surface area contributed by atoms with Crippen molar-refractivity contribution in [1.29, 1.82) is 0 Å². The number of amides is 2. The van der Waals surface area contributed by atoms with E-state index in [2.05, 4.69) is 13.8 Å². The number of unbranched alkanes of at least 4 members (excludes halogenated alkanes) is 1. The molecule has 0 aromatic carbocycles. The fourth-order valence-electron chi connectivity index (χ4n) is 2.91. The third-order valence-electron chi connectivity index (χ3n) is 4.39. The predicted molar refractivity (Wildman–Crippen MR) is 84.5 cm³/mol. The van der Waals surface area contributed by atoms with Gasteiger partial charge in [-0.3, -0.25) is 9.59 Å². The van der Waals surface area contributed by atoms with Gasteiger partial charge in [-0.25, -0.2) is 0 Å². The maximum Gasteiger partial charge on any atom is 0.257 e. The molecule has 2 amide bonds. The number of carbonyl (C=O) groups is 2. The number of piperazine rings is 1. The van der Waals surface area contributed by atoms with Crippen molar-refractivity contribution in [1.82, 2.24) is 9.80 Å². The molecule has 22 heavy (non-hydrogen) atoms. The molecule has 1 fully saturated rings. The summed E-state index contributed by atoms with van der Waals surface area (Å²) in [4.78, 5) is 28.5. The van der Waals surface area contributed by atoms with E-state index in [9.17, 15) is 9.59 Å². The van der Waals surface area contributed by atoms with Crippen LogP contribution in [0.15, 0.2) is 23.0 Å². The van der Waals surface area contributed by atoms with Gasteiger partial charge in [0.2, 0.25) is 5.91 Å². The smallest absolute Gasteiger partial charge is 0.257 e. The minimum absolute atomic E-state index is 0.0149. The van der Waals surface area contributed by atoms with E-state index in [0.29, 0.717) is 31.7 Å². The van der Waals surface area contributed by atoms with Gasteiger partial charge >= 0.3 is 0 Å². The minimum Gasteiger partial charge on any atom is -0.472 e. The first-order valence-electron chi connectivity index (χ1n) is 8.27. The van der Waals surface area contributed by atoms with Gasteiger partial charge in [-0.2, -0.15) is 0 Å². The fraction of sp³-hybridized carbons (Fsp3) is 0.647. The van der Waals surface area contributed by atoms with Gasteiger partial charge in [0, 0.05) is 32.1 Å². The first kappa shape index (κ1) is 16.6. The summed E-state index contributed by atoms with van der Waals surface area (Å²) in [7, 11) is 0. The Kier molecular flexibility index (Phi) is 6.04. The molecule has 5 nitrogen and oxygen atoms in total. The molecule has 1 aromatic heterocycles. The summed E-state index contributed by atoms with van der Waals surface area (Å²) in [6.45, 7) is 6.68. The lowest BCUT2D eigenvalue weighted by atomic mass is 9.97. The number of hydrogen-bond acceptors (Lipinski definition) is 3. The summed E-state index contributed by atoms with van der Waals surface area (Å²) in [5.41, 5.74) is 0.578. The van der Waals surface area contributed by atoms with Crippen molar-refractivity contribution in [3.63, 3.8) is 0 Å². The van der Waals surface area contributed by atoms with Gasteiger partial charge < -0.3 is 14.2 Å². The maximum atomic E-state index is 12.5. The second kappa shape index (κ2) is 8.01. The second-order valence-corrected chi connectivity index (χ2v) is 5.88. The van der Waals surface area contributed by atoms with Crippen molar-refractivity contribution in [3.8, 4) is 0 Å². The number of rotatable bonds is 6. The molecule has 0 saturated carbocycles. The van der Waals surface area contributed by atoms with E-state index in [4.69, 9.17) is 4.42 Å². The second-order valence-electron chi connectivity index (χ2n) is 5.88. The minimum atomic E-state index is -0.0149. The van der Waals surface area contributed by atoms with E-state index >= 15 is 0 Å². The molecule has 5 heteroatoms. The average Bonchev–Trinajstić information content (AvgIpc) is 3.09. The van der Waals surface area contributed by atoms with E-state index in [0.717, 1.165) is 25.7 Å². The molecule has 122 valence electrons. The van der Waals surface area contributed by atoms with E-state index < -0.39 is 0 Å². The lowest BCUT2D eigenvalue weighted by Gasteiger charge is -2.36. The van der Waals surface area contributed by atoms with Crippen LogP contribution in [0.25, 0.3) is 0 Å². The lowest BCUT2D eigenvalue weighted by molar-refractivity contribution is -0.137. The zero-order valence-corrected chi connectivity index (χ0v) is 13.6. The third kappa shape index (κ3) is 3.90. The molecule has 0 spiro atoms. The normalized spacial score (nSPS) is 16.6. The van der Waals surface area contributed by atoms with Crippen LogP contribution < -0.4 is 0 Å². The number of furan rings is 1. The highest BCUT2D eigenvalue weighted by Gasteiger charge is 2.28. The largest absolute Gasteiger partial charge is 0.472 e. The standard InChI is InChI=1S/C17H26N2O3/c1-3-5-6-14(4-2)16(20)18-8-10-19(11-9-18)17(21)15-7-12-22-13-15/h7,12-14H,3-6,8-11H2,1-2H3. The van der Waals surface area contributed by atoms with Crippen LogP contribution in [0.1, 0.15) is 49.9 Å². The Morgan fingerprint density at radius 1 is 1.18 bits per heavy atom. The molecule has 1 aliphatic heterocycles. The summed E-state index contributed by atoms with van der Waals surface area (Å²) in [5.74, 6) is 0.376. The van der Waals surface area contributed by atoms with Crippen LogP contribution in [0.4, 0.5) is 0 Å². The molecule has 0 bridgehead atoms. The van der Waals surface area contributed by atoms with Crippen LogP contribution in [-0.2, 0) is 4.79 Å². The number of hydrogen-bond donors (Lipinski definition) is 0. The molecule has 0 radical (unpaired) electrons. The van der Waals surface area contributed by atoms with Crippen LogP contribution in [0, 0.1) is 5.92 Å². The zero-order chi connectivity index (χ0) is 15.9. The SMILES string of the molecule is CCCCC(CC)C(=O)N1CCN(C(=O)c2ccoc2)CC1. The van der Waals surface area contributed by atoms with Crippen LogP contribution in [0.3, 0.4) is 0 Å². The maximum absolute atomic E-state index is 12.5. The van der Waals surface area contributed by atoms with E-state index in [1.165, 1.54) is 12.5 Å². The molecule has 1 aliphatic rings. The summed E-state index contributed by atoms with van der Waals surface area (Å²) in [6, 6.07) is 1.68. The van der Waals surface area contributed by atoms with Gasteiger partial charge in [-0.1, -0.05) is 26.7 Å². The third-order valence-corrected chi connectivity index (χ3v) is 4.39. The molecule has 1 unspecified atom stereocenters. The van der Waals surface area contributed by atoms with Crippen molar-refractivity contribution in [2.24, 2.45) is 5.92 Å². The van der Waals surface area contributed by atoms with E-state index in [1.807, 2.05) is 4.90 Å². The molecular weight excluding hydrogens is 280 g/mol. The van der Waals surface area contributed by atoms with Gasteiger partial charge in [0.25, 0.3) is 5.91 Å². The van der Waals surface area contributed by atoms with E-state index in [1.54, 1.807) is 11.0 Å². The molecule has 2 rings (SSSR count). The molecule has 0 aliphatic carbocycles. The van der Waals surface area contributed by atoms with E-state index in [-0.39, 0.29) is 17.7 Å². The molecule has 1 atom stereocenters. The first-order valence-corrected chi connectivity index (χ1v) is 8.27. The quantitative estimate of drug-likeness (QED) is 0.812. The first-order chi connectivity index (χ1) is 10.7. The monoisotopic (exact) mass is 306 g/mol. The fourth-order valence-corrected chi connectivity index (χ4v) is 2.91. The Morgan fingerprint density at radius 3 is 2.41 bits per heavy atom. The Bertz CT molecular complexity index is 476. The molecule has 0 N–H and O–H groups in total. The van der Waals surface area contributed by atoms with Crippen LogP contribution in [-0.4, -0.2) is 47.8 Å². The van der Waals surface area contributed by atoms with Crippen molar-refractivity contribution in [3.05, 3.63) is 24.2 Å². The summed E-state index contributed by atoms with van der Waals surface area (Å²) >= 11 is 0. The highest BCUT2D eigenvalue weighted by molar-refractivity contribution is 5.94. The number of nitrogens with zero attached hydrogens (tertiary/aromatic N) is 2. The Hall–Kier alpha value is -1.78.